The molecule has 0 aliphatic heterocycles. The van der Waals surface area contributed by atoms with E-state index in [-0.39, 0.29) is 16.5 Å². The summed E-state index contributed by atoms with van der Waals surface area (Å²) in [6, 6.07) is 14.1. The van der Waals surface area contributed by atoms with Crippen molar-refractivity contribution >= 4 is 16.6 Å². The molecule has 34 heavy (non-hydrogen) atoms. The normalized spacial score (nSPS) is 15.6. The van der Waals surface area contributed by atoms with Gasteiger partial charge in [-0.05, 0) is 75.4 Å². The Balaban J connectivity index is 1.74. The number of rotatable bonds is 11. The van der Waals surface area contributed by atoms with E-state index in [1.165, 1.54) is 48.8 Å². The van der Waals surface area contributed by atoms with Crippen molar-refractivity contribution in [1.29, 1.82) is 0 Å². The highest BCUT2D eigenvalue weighted by atomic mass is 16.6. The standard InChI is InChI=1S/C28H38N4O2/c1-21-7-5-10-23(17-21)25(13-16-30-15-6-14-29)27-20-31(19-22-8-3-2-4-9-22)28-12-11-24(32(33)34)18-26(27)28/h5,7,10-12,17-18,20,22,25,30H,2-4,6,8-9,13-16,19,29H2,1H3. The number of nitrogens with one attached hydrogen (secondary N) is 1. The van der Waals surface area contributed by atoms with E-state index < -0.39 is 0 Å². The molecule has 1 aliphatic rings. The molecule has 0 saturated heterocycles. The lowest BCUT2D eigenvalue weighted by Gasteiger charge is -2.22. The van der Waals surface area contributed by atoms with Crippen LogP contribution >= 0.6 is 0 Å². The SMILES string of the molecule is Cc1cccc(C(CCNCCCN)c2cn(CC3CCCCC3)c3ccc([N+](=O)[O-])cc23)c1. The molecule has 1 unspecified atom stereocenters. The first-order valence-corrected chi connectivity index (χ1v) is 12.8. The lowest BCUT2D eigenvalue weighted by molar-refractivity contribution is -0.384. The van der Waals surface area contributed by atoms with Crippen LogP contribution in [-0.2, 0) is 6.54 Å². The molecule has 1 saturated carbocycles. The highest BCUT2D eigenvalue weighted by Gasteiger charge is 2.23. The minimum absolute atomic E-state index is 0.160. The molecule has 1 fully saturated rings. The Labute approximate surface area is 202 Å². The molecule has 0 spiro atoms. The van der Waals surface area contributed by atoms with Crippen LogP contribution in [0.4, 0.5) is 5.69 Å². The number of nitrogens with two attached hydrogens (primary N) is 1. The van der Waals surface area contributed by atoms with Gasteiger partial charge in [0, 0.05) is 41.7 Å². The molecule has 0 amide bonds. The van der Waals surface area contributed by atoms with Crippen LogP contribution in [0.2, 0.25) is 0 Å². The molecule has 182 valence electrons. The zero-order valence-corrected chi connectivity index (χ0v) is 20.3. The monoisotopic (exact) mass is 462 g/mol. The van der Waals surface area contributed by atoms with Crippen LogP contribution in [0, 0.1) is 23.0 Å². The third-order valence-corrected chi connectivity index (χ3v) is 7.27. The first-order valence-electron chi connectivity index (χ1n) is 12.8. The molecule has 1 heterocycles. The second-order valence-corrected chi connectivity index (χ2v) is 9.85. The first kappa shape index (κ1) is 24.4. The average molecular weight is 463 g/mol. The third kappa shape index (κ3) is 5.86. The van der Waals surface area contributed by atoms with Crippen molar-refractivity contribution in [3.63, 3.8) is 0 Å². The molecule has 3 aromatic rings. The van der Waals surface area contributed by atoms with E-state index in [9.17, 15) is 10.1 Å². The summed E-state index contributed by atoms with van der Waals surface area (Å²) in [4.78, 5) is 11.3. The summed E-state index contributed by atoms with van der Waals surface area (Å²) in [6.45, 7) is 5.59. The Morgan fingerprint density at radius 3 is 2.71 bits per heavy atom. The fraction of sp³-hybridized carbons (Fsp3) is 0.500. The Hall–Kier alpha value is -2.70. The van der Waals surface area contributed by atoms with Gasteiger partial charge in [0.2, 0.25) is 0 Å². The van der Waals surface area contributed by atoms with Crippen molar-refractivity contribution in [2.75, 3.05) is 19.6 Å². The molecule has 6 heteroatoms. The van der Waals surface area contributed by atoms with Crippen LogP contribution < -0.4 is 11.1 Å². The minimum Gasteiger partial charge on any atom is -0.347 e. The van der Waals surface area contributed by atoms with Crippen molar-refractivity contribution in [1.82, 2.24) is 9.88 Å². The number of fused-ring (bicyclic) bond motifs is 1. The number of aryl methyl sites for hydroxylation is 1. The predicted octanol–water partition coefficient (Wildman–Crippen LogP) is 5.90. The molecular formula is C28H38N4O2. The summed E-state index contributed by atoms with van der Waals surface area (Å²) >= 11 is 0. The molecule has 0 bridgehead atoms. The summed E-state index contributed by atoms with van der Waals surface area (Å²) < 4.78 is 2.37. The molecule has 1 aromatic heterocycles. The third-order valence-electron chi connectivity index (χ3n) is 7.27. The second-order valence-electron chi connectivity index (χ2n) is 9.85. The van der Waals surface area contributed by atoms with Gasteiger partial charge in [-0.1, -0.05) is 49.1 Å². The van der Waals surface area contributed by atoms with Crippen molar-refractivity contribution < 1.29 is 4.92 Å². The Bertz CT molecular complexity index is 1100. The number of non-ortho nitro benzene ring substituents is 1. The molecular weight excluding hydrogens is 424 g/mol. The van der Waals surface area contributed by atoms with E-state index in [2.05, 4.69) is 47.3 Å². The fourth-order valence-corrected chi connectivity index (χ4v) is 5.49. The van der Waals surface area contributed by atoms with Crippen molar-refractivity contribution in [2.24, 2.45) is 11.7 Å². The zero-order chi connectivity index (χ0) is 23.9. The van der Waals surface area contributed by atoms with Gasteiger partial charge in [0.25, 0.3) is 5.69 Å². The quantitative estimate of drug-likeness (QED) is 0.211. The van der Waals surface area contributed by atoms with Gasteiger partial charge in [-0.3, -0.25) is 10.1 Å². The maximum Gasteiger partial charge on any atom is 0.270 e. The van der Waals surface area contributed by atoms with E-state index in [0.29, 0.717) is 12.5 Å². The maximum absolute atomic E-state index is 11.6. The summed E-state index contributed by atoms with van der Waals surface area (Å²) in [5.41, 5.74) is 10.6. The van der Waals surface area contributed by atoms with Gasteiger partial charge < -0.3 is 15.6 Å². The highest BCUT2D eigenvalue weighted by molar-refractivity contribution is 5.87. The van der Waals surface area contributed by atoms with E-state index >= 15 is 0 Å². The van der Waals surface area contributed by atoms with Gasteiger partial charge in [0.1, 0.15) is 0 Å². The van der Waals surface area contributed by atoms with Crippen molar-refractivity contribution in [2.45, 2.75) is 64.3 Å². The van der Waals surface area contributed by atoms with Gasteiger partial charge in [-0.2, -0.15) is 0 Å². The topological polar surface area (TPSA) is 86.1 Å². The number of nitrogens with zero attached hydrogens (tertiary/aromatic N) is 2. The fourth-order valence-electron chi connectivity index (χ4n) is 5.49. The molecule has 1 atom stereocenters. The molecule has 2 aromatic carbocycles. The van der Waals surface area contributed by atoms with Crippen molar-refractivity contribution in [3.8, 4) is 0 Å². The predicted molar refractivity (Wildman–Crippen MR) is 139 cm³/mol. The van der Waals surface area contributed by atoms with Gasteiger partial charge in [-0.15, -0.1) is 0 Å². The summed E-state index contributed by atoms with van der Waals surface area (Å²) in [5.74, 6) is 0.852. The number of aromatic nitrogens is 1. The zero-order valence-electron chi connectivity index (χ0n) is 20.3. The van der Waals surface area contributed by atoms with Crippen LogP contribution in [0.15, 0.2) is 48.7 Å². The lowest BCUT2D eigenvalue weighted by atomic mass is 9.87. The van der Waals surface area contributed by atoms with Gasteiger partial charge in [0.05, 0.1) is 4.92 Å². The smallest absolute Gasteiger partial charge is 0.270 e. The molecule has 0 radical (unpaired) electrons. The van der Waals surface area contributed by atoms with Crippen LogP contribution in [0.3, 0.4) is 0 Å². The number of nitro groups is 1. The van der Waals surface area contributed by atoms with E-state index in [0.717, 1.165) is 43.4 Å². The van der Waals surface area contributed by atoms with Gasteiger partial charge in [0.15, 0.2) is 0 Å². The Kier molecular flexibility index (Phi) is 8.35. The largest absolute Gasteiger partial charge is 0.347 e. The average Bonchev–Trinajstić information content (AvgIpc) is 3.19. The van der Waals surface area contributed by atoms with Crippen LogP contribution in [0.1, 0.15) is 67.6 Å². The first-order chi connectivity index (χ1) is 16.6. The summed E-state index contributed by atoms with van der Waals surface area (Å²) in [7, 11) is 0. The van der Waals surface area contributed by atoms with E-state index in [1.54, 1.807) is 12.1 Å². The second kappa shape index (κ2) is 11.6. The summed E-state index contributed by atoms with van der Waals surface area (Å²) in [5, 5.41) is 16.2. The Morgan fingerprint density at radius 1 is 1.15 bits per heavy atom. The minimum atomic E-state index is -0.280. The maximum atomic E-state index is 11.6. The lowest BCUT2D eigenvalue weighted by Crippen LogP contribution is -2.21. The molecule has 1 aliphatic carbocycles. The number of hydrogen-bond acceptors (Lipinski definition) is 4. The van der Waals surface area contributed by atoms with Gasteiger partial charge in [-0.25, -0.2) is 0 Å². The van der Waals surface area contributed by atoms with Crippen LogP contribution in [-0.4, -0.2) is 29.1 Å². The highest BCUT2D eigenvalue weighted by Crippen LogP contribution is 2.37. The molecule has 4 rings (SSSR count). The molecule has 6 nitrogen and oxygen atoms in total. The Morgan fingerprint density at radius 2 is 1.97 bits per heavy atom. The van der Waals surface area contributed by atoms with E-state index in [4.69, 9.17) is 5.73 Å². The van der Waals surface area contributed by atoms with Gasteiger partial charge >= 0.3 is 0 Å². The number of nitro benzene ring substituents is 1. The van der Waals surface area contributed by atoms with Crippen molar-refractivity contribution in [3.05, 3.63) is 75.5 Å². The van der Waals surface area contributed by atoms with Crippen LogP contribution in [0.5, 0.6) is 0 Å². The van der Waals surface area contributed by atoms with E-state index in [1.807, 2.05) is 6.07 Å². The number of hydrogen-bond donors (Lipinski definition) is 2. The number of benzene rings is 2. The summed E-state index contributed by atoms with van der Waals surface area (Å²) in [6.07, 6.45) is 10.7. The van der Waals surface area contributed by atoms with Crippen LogP contribution in [0.25, 0.3) is 10.9 Å². The molecule has 3 N–H and O–H groups in total.